The summed E-state index contributed by atoms with van der Waals surface area (Å²) in [6.07, 6.45) is 2.54. The van der Waals surface area contributed by atoms with Crippen LogP contribution in [0.25, 0.3) is 0 Å². The molecule has 1 amide bonds. The smallest absolute Gasteiger partial charge is 0.387 e. The van der Waals surface area contributed by atoms with Crippen LogP contribution in [0.5, 0.6) is 5.75 Å². The molecule has 6 heteroatoms. The molecule has 0 atom stereocenters. The number of ether oxygens (including phenoxy) is 1. The highest BCUT2D eigenvalue weighted by molar-refractivity contribution is 5.77. The van der Waals surface area contributed by atoms with Gasteiger partial charge in [-0.3, -0.25) is 4.79 Å². The first kappa shape index (κ1) is 13.6. The van der Waals surface area contributed by atoms with E-state index in [0.29, 0.717) is 19.0 Å². The van der Waals surface area contributed by atoms with Crippen molar-refractivity contribution in [3.8, 4) is 5.75 Å². The van der Waals surface area contributed by atoms with Gasteiger partial charge in [-0.1, -0.05) is 0 Å². The molecular formula is C13H16F2N2O2. The number of alkyl halides is 2. The molecule has 1 aliphatic carbocycles. The van der Waals surface area contributed by atoms with Gasteiger partial charge in [0.05, 0.1) is 0 Å². The molecule has 4 nitrogen and oxygen atoms in total. The summed E-state index contributed by atoms with van der Waals surface area (Å²) in [4.78, 5) is 11.4. The van der Waals surface area contributed by atoms with E-state index in [0.717, 1.165) is 18.5 Å². The molecule has 2 N–H and O–H groups in total. The monoisotopic (exact) mass is 270 g/mol. The molecule has 0 bridgehead atoms. The van der Waals surface area contributed by atoms with Crippen molar-refractivity contribution in [2.45, 2.75) is 31.9 Å². The van der Waals surface area contributed by atoms with E-state index in [1.165, 1.54) is 12.1 Å². The summed E-state index contributed by atoms with van der Waals surface area (Å²) in [5.41, 5.74) is 0.765. The van der Waals surface area contributed by atoms with E-state index in [9.17, 15) is 13.6 Å². The Labute approximate surface area is 110 Å². The Kier molecular flexibility index (Phi) is 4.54. The number of rotatable bonds is 7. The molecule has 1 fully saturated rings. The molecule has 1 saturated carbocycles. The number of carbonyl (C=O) groups is 1. The third-order valence-electron chi connectivity index (χ3n) is 2.70. The van der Waals surface area contributed by atoms with Crippen LogP contribution < -0.4 is 15.4 Å². The zero-order valence-corrected chi connectivity index (χ0v) is 10.4. The van der Waals surface area contributed by atoms with Gasteiger partial charge in [-0.25, -0.2) is 0 Å². The Bertz CT molecular complexity index is 419. The lowest BCUT2D eigenvalue weighted by Crippen LogP contribution is -2.27. The maximum absolute atomic E-state index is 11.9. The van der Waals surface area contributed by atoms with E-state index in [-0.39, 0.29) is 11.7 Å². The summed E-state index contributed by atoms with van der Waals surface area (Å²) in [6, 6.07) is 6.56. The zero-order valence-electron chi connectivity index (χ0n) is 10.4. The number of halogens is 2. The van der Waals surface area contributed by atoms with Crippen LogP contribution in [0.1, 0.15) is 19.3 Å². The van der Waals surface area contributed by atoms with Gasteiger partial charge in [0.1, 0.15) is 5.75 Å². The van der Waals surface area contributed by atoms with Gasteiger partial charge in [-0.2, -0.15) is 8.78 Å². The average molecular weight is 270 g/mol. The van der Waals surface area contributed by atoms with E-state index in [2.05, 4.69) is 15.4 Å². The normalized spacial score (nSPS) is 14.3. The number of hydrogen-bond acceptors (Lipinski definition) is 3. The topological polar surface area (TPSA) is 50.4 Å². The lowest BCUT2D eigenvalue weighted by atomic mass is 10.3. The minimum absolute atomic E-state index is 0.0349. The molecule has 0 spiro atoms. The maximum Gasteiger partial charge on any atom is 0.387 e. The highest BCUT2D eigenvalue weighted by Gasteiger charge is 2.22. The average Bonchev–Trinajstić information content (AvgIpc) is 3.14. The number of nitrogens with one attached hydrogen (secondary N) is 2. The summed E-state index contributed by atoms with van der Waals surface area (Å²) in [5.74, 6) is 0.152. The standard InChI is InChI=1S/C13H16F2N2O2/c14-13(15)19-11-5-3-9(4-6-11)16-8-7-12(18)17-10-1-2-10/h3-6,10,13,16H,1-2,7-8H2,(H,17,18). The lowest BCUT2D eigenvalue weighted by molar-refractivity contribution is -0.120. The van der Waals surface area contributed by atoms with Gasteiger partial charge in [0, 0.05) is 24.7 Å². The first-order valence-electron chi connectivity index (χ1n) is 6.21. The number of hydrogen-bond donors (Lipinski definition) is 2. The second-order valence-electron chi connectivity index (χ2n) is 4.42. The highest BCUT2D eigenvalue weighted by Crippen LogP contribution is 2.19. The van der Waals surface area contributed by atoms with Crippen molar-refractivity contribution < 1.29 is 18.3 Å². The van der Waals surface area contributed by atoms with Gasteiger partial charge in [-0.05, 0) is 37.1 Å². The zero-order chi connectivity index (χ0) is 13.7. The summed E-state index contributed by atoms with van der Waals surface area (Å²) < 4.78 is 28.1. The van der Waals surface area contributed by atoms with Gasteiger partial charge in [0.25, 0.3) is 0 Å². The summed E-state index contributed by atoms with van der Waals surface area (Å²) in [6.45, 7) is -2.31. The minimum atomic E-state index is -2.81. The fourth-order valence-electron chi connectivity index (χ4n) is 1.60. The fourth-order valence-corrected chi connectivity index (χ4v) is 1.60. The third-order valence-corrected chi connectivity index (χ3v) is 2.70. The van der Waals surface area contributed by atoms with Crippen LogP contribution in [-0.2, 0) is 4.79 Å². The van der Waals surface area contributed by atoms with Gasteiger partial charge in [0.2, 0.25) is 5.91 Å². The van der Waals surface area contributed by atoms with Gasteiger partial charge in [-0.15, -0.1) is 0 Å². The Morgan fingerprint density at radius 3 is 2.58 bits per heavy atom. The largest absolute Gasteiger partial charge is 0.435 e. The molecule has 2 rings (SSSR count). The lowest BCUT2D eigenvalue weighted by Gasteiger charge is -2.08. The first-order valence-corrected chi connectivity index (χ1v) is 6.21. The Balaban J connectivity index is 1.68. The van der Waals surface area contributed by atoms with Crippen molar-refractivity contribution in [2.24, 2.45) is 0 Å². The molecule has 19 heavy (non-hydrogen) atoms. The van der Waals surface area contributed by atoms with Crippen LogP contribution >= 0.6 is 0 Å². The minimum Gasteiger partial charge on any atom is -0.435 e. The molecule has 1 aromatic carbocycles. The molecule has 0 heterocycles. The quantitative estimate of drug-likeness (QED) is 0.799. The summed E-state index contributed by atoms with van der Waals surface area (Å²) in [7, 11) is 0. The van der Waals surface area contributed by atoms with Crippen LogP contribution in [-0.4, -0.2) is 25.1 Å². The Hall–Kier alpha value is -1.85. The van der Waals surface area contributed by atoms with Crippen molar-refractivity contribution in [1.29, 1.82) is 0 Å². The molecule has 0 saturated heterocycles. The molecule has 104 valence electrons. The number of benzene rings is 1. The summed E-state index contributed by atoms with van der Waals surface area (Å²) >= 11 is 0. The SMILES string of the molecule is O=C(CCNc1ccc(OC(F)F)cc1)NC1CC1. The van der Waals surface area contributed by atoms with Crippen LogP contribution in [0.4, 0.5) is 14.5 Å². The van der Waals surface area contributed by atoms with E-state index in [4.69, 9.17) is 0 Å². The van der Waals surface area contributed by atoms with Crippen LogP contribution in [0.3, 0.4) is 0 Å². The molecule has 0 radical (unpaired) electrons. The van der Waals surface area contributed by atoms with E-state index >= 15 is 0 Å². The van der Waals surface area contributed by atoms with Crippen molar-refractivity contribution in [3.63, 3.8) is 0 Å². The summed E-state index contributed by atoms with van der Waals surface area (Å²) in [5, 5.41) is 5.93. The molecule has 0 aromatic heterocycles. The maximum atomic E-state index is 11.9. The predicted molar refractivity (Wildman–Crippen MR) is 67.3 cm³/mol. The highest BCUT2D eigenvalue weighted by atomic mass is 19.3. The second kappa shape index (κ2) is 6.36. The molecule has 1 aliphatic rings. The van der Waals surface area contributed by atoms with Crippen LogP contribution in [0, 0.1) is 0 Å². The predicted octanol–water partition coefficient (Wildman–Crippen LogP) is 2.37. The van der Waals surface area contributed by atoms with Crippen molar-refractivity contribution in [2.75, 3.05) is 11.9 Å². The van der Waals surface area contributed by atoms with Crippen molar-refractivity contribution >= 4 is 11.6 Å². The van der Waals surface area contributed by atoms with E-state index in [1.54, 1.807) is 12.1 Å². The number of amides is 1. The van der Waals surface area contributed by atoms with Gasteiger partial charge >= 0.3 is 6.61 Å². The molecular weight excluding hydrogens is 254 g/mol. The third kappa shape index (κ3) is 5.11. The van der Waals surface area contributed by atoms with E-state index < -0.39 is 6.61 Å². The molecule has 1 aromatic rings. The van der Waals surface area contributed by atoms with Gasteiger partial charge < -0.3 is 15.4 Å². The van der Waals surface area contributed by atoms with Crippen LogP contribution in [0.15, 0.2) is 24.3 Å². The van der Waals surface area contributed by atoms with Crippen molar-refractivity contribution in [3.05, 3.63) is 24.3 Å². The Morgan fingerprint density at radius 1 is 1.32 bits per heavy atom. The molecule has 0 aliphatic heterocycles. The first-order chi connectivity index (χ1) is 9.13. The number of carbonyl (C=O) groups excluding carboxylic acids is 1. The fraction of sp³-hybridized carbons (Fsp3) is 0.462. The van der Waals surface area contributed by atoms with Gasteiger partial charge in [0.15, 0.2) is 0 Å². The Morgan fingerprint density at radius 2 is 2.00 bits per heavy atom. The van der Waals surface area contributed by atoms with Crippen molar-refractivity contribution in [1.82, 2.24) is 5.32 Å². The second-order valence-corrected chi connectivity index (χ2v) is 4.42. The number of anilines is 1. The van der Waals surface area contributed by atoms with E-state index in [1.807, 2.05) is 0 Å². The van der Waals surface area contributed by atoms with Crippen LogP contribution in [0.2, 0.25) is 0 Å². The molecule has 0 unspecified atom stereocenters.